The Labute approximate surface area is 213 Å². The van der Waals surface area contributed by atoms with E-state index in [0.717, 1.165) is 52.2 Å². The van der Waals surface area contributed by atoms with E-state index in [4.69, 9.17) is 0 Å². The van der Waals surface area contributed by atoms with Crippen LogP contribution in [0.25, 0.3) is 22.0 Å². The van der Waals surface area contributed by atoms with Gasteiger partial charge in [-0.25, -0.2) is 0 Å². The van der Waals surface area contributed by atoms with Crippen molar-refractivity contribution in [2.45, 2.75) is 50.5 Å². The molecule has 2 saturated carbocycles. The van der Waals surface area contributed by atoms with Crippen molar-refractivity contribution >= 4 is 22.5 Å². The van der Waals surface area contributed by atoms with Crippen LogP contribution in [0.5, 0.6) is 0 Å². The molecule has 1 heterocycles. The van der Waals surface area contributed by atoms with Crippen molar-refractivity contribution in [1.82, 2.24) is 9.88 Å². The van der Waals surface area contributed by atoms with E-state index in [9.17, 15) is 18.0 Å². The quantitative estimate of drug-likeness (QED) is 0.289. The van der Waals surface area contributed by atoms with Gasteiger partial charge < -0.3 is 10.2 Å². The van der Waals surface area contributed by atoms with Gasteiger partial charge >= 0.3 is 6.18 Å². The number of fused-ring (bicyclic) bond motifs is 1. The van der Waals surface area contributed by atoms with Crippen molar-refractivity contribution in [1.29, 1.82) is 0 Å². The number of carbonyl (C=O) groups is 1. The van der Waals surface area contributed by atoms with Crippen LogP contribution in [0.3, 0.4) is 0 Å². The highest BCUT2D eigenvalue weighted by Gasteiger charge is 2.39. The number of carbonyl (C=O) groups excluding carboxylic acids is 1. The number of hydrogen-bond donors (Lipinski definition) is 1. The Kier molecular flexibility index (Phi) is 5.86. The molecule has 0 saturated heterocycles. The molecule has 1 amide bonds. The molecule has 2 aliphatic rings. The zero-order valence-electron chi connectivity index (χ0n) is 20.1. The molecular formula is C30H26F3N3O. The topological polar surface area (TPSA) is 45.2 Å². The molecule has 188 valence electrons. The Morgan fingerprint density at radius 3 is 2.46 bits per heavy atom. The van der Waals surface area contributed by atoms with Gasteiger partial charge in [0, 0.05) is 35.9 Å². The molecule has 6 rings (SSSR count). The Morgan fingerprint density at radius 1 is 0.919 bits per heavy atom. The first kappa shape index (κ1) is 23.5. The molecule has 0 spiro atoms. The molecule has 4 nitrogen and oxygen atoms in total. The number of rotatable bonds is 7. The van der Waals surface area contributed by atoms with Gasteiger partial charge in [-0.2, -0.15) is 13.2 Å². The maximum absolute atomic E-state index is 13.6. The van der Waals surface area contributed by atoms with Gasteiger partial charge in [0.05, 0.1) is 16.6 Å². The maximum Gasteiger partial charge on any atom is 0.417 e. The average Bonchev–Trinajstić information content (AvgIpc) is 3.82. The standard InChI is InChI=1S/C30H26F3N3O/c31-30(32,33)26-7-2-1-6-24(26)29(37)36(23-11-12-23)18-19-4-3-5-20(16-19)21-8-13-27-25(17-21)28(14-15-34-27)35-22-9-10-22/h1-8,13-17,22-23H,9-12,18H2,(H,34,35). The Bertz CT molecular complexity index is 1470. The Hall–Kier alpha value is -3.87. The molecule has 4 aromatic rings. The van der Waals surface area contributed by atoms with Crippen LogP contribution in [0.2, 0.25) is 0 Å². The molecule has 0 unspecified atom stereocenters. The van der Waals surface area contributed by atoms with Crippen LogP contribution in [-0.2, 0) is 12.7 Å². The van der Waals surface area contributed by atoms with Gasteiger partial charge in [-0.1, -0.05) is 36.4 Å². The van der Waals surface area contributed by atoms with Gasteiger partial charge in [0.25, 0.3) is 5.91 Å². The smallest absolute Gasteiger partial charge is 0.382 e. The second-order valence-electron chi connectivity index (χ2n) is 9.92. The highest BCUT2D eigenvalue weighted by Crippen LogP contribution is 2.36. The second kappa shape index (κ2) is 9.21. The van der Waals surface area contributed by atoms with Crippen LogP contribution in [0.1, 0.15) is 47.2 Å². The number of halogens is 3. The van der Waals surface area contributed by atoms with Crippen LogP contribution >= 0.6 is 0 Å². The number of pyridine rings is 1. The number of amides is 1. The average molecular weight is 502 g/mol. The van der Waals surface area contributed by atoms with Crippen molar-refractivity contribution in [3.05, 3.63) is 95.7 Å². The van der Waals surface area contributed by atoms with Gasteiger partial charge in [0.1, 0.15) is 0 Å². The fourth-order valence-electron chi connectivity index (χ4n) is 4.77. The highest BCUT2D eigenvalue weighted by atomic mass is 19.4. The largest absolute Gasteiger partial charge is 0.417 e. The minimum atomic E-state index is -4.58. The Morgan fingerprint density at radius 2 is 1.70 bits per heavy atom. The van der Waals surface area contributed by atoms with Crippen molar-refractivity contribution in [2.75, 3.05) is 5.32 Å². The number of aromatic nitrogens is 1. The molecule has 1 N–H and O–H groups in total. The van der Waals surface area contributed by atoms with E-state index in [-0.39, 0.29) is 18.2 Å². The van der Waals surface area contributed by atoms with Crippen LogP contribution in [-0.4, -0.2) is 27.9 Å². The van der Waals surface area contributed by atoms with Crippen molar-refractivity contribution in [3.63, 3.8) is 0 Å². The predicted molar refractivity (Wildman–Crippen MR) is 138 cm³/mol. The lowest BCUT2D eigenvalue weighted by molar-refractivity contribution is -0.138. The van der Waals surface area contributed by atoms with E-state index < -0.39 is 17.6 Å². The monoisotopic (exact) mass is 501 g/mol. The SMILES string of the molecule is O=C(c1ccccc1C(F)(F)F)N(Cc1cccc(-c2ccc3nccc(NC4CC4)c3c2)c1)C1CC1. The van der Waals surface area contributed by atoms with Crippen LogP contribution in [0.4, 0.5) is 18.9 Å². The first-order valence-corrected chi connectivity index (χ1v) is 12.6. The first-order chi connectivity index (χ1) is 17.9. The summed E-state index contributed by atoms with van der Waals surface area (Å²) in [6.45, 7) is 0.257. The predicted octanol–water partition coefficient (Wildman–Crippen LogP) is 7.30. The fraction of sp³-hybridized carbons (Fsp3) is 0.267. The summed E-state index contributed by atoms with van der Waals surface area (Å²) in [6, 6.07) is 21.5. The first-order valence-electron chi connectivity index (χ1n) is 12.6. The number of alkyl halides is 3. The lowest BCUT2D eigenvalue weighted by Gasteiger charge is -2.24. The molecule has 2 aliphatic carbocycles. The molecule has 2 fully saturated rings. The third-order valence-electron chi connectivity index (χ3n) is 7.00. The van der Waals surface area contributed by atoms with Gasteiger partial charge in [-0.3, -0.25) is 9.78 Å². The number of hydrogen-bond acceptors (Lipinski definition) is 3. The molecule has 37 heavy (non-hydrogen) atoms. The summed E-state index contributed by atoms with van der Waals surface area (Å²) in [7, 11) is 0. The minimum Gasteiger partial charge on any atom is -0.382 e. The van der Waals surface area contributed by atoms with E-state index >= 15 is 0 Å². The molecule has 3 aromatic carbocycles. The van der Waals surface area contributed by atoms with Crippen molar-refractivity contribution in [3.8, 4) is 11.1 Å². The summed E-state index contributed by atoms with van der Waals surface area (Å²) in [5, 5.41) is 4.63. The molecule has 7 heteroatoms. The summed E-state index contributed by atoms with van der Waals surface area (Å²) in [6.07, 6.45) is 1.18. The third kappa shape index (κ3) is 5.03. The zero-order chi connectivity index (χ0) is 25.6. The normalized spacial score (nSPS) is 15.5. The fourth-order valence-corrected chi connectivity index (χ4v) is 4.77. The Balaban J connectivity index is 1.30. The zero-order valence-corrected chi connectivity index (χ0v) is 20.1. The highest BCUT2D eigenvalue weighted by molar-refractivity contribution is 5.96. The lowest BCUT2D eigenvalue weighted by Crippen LogP contribution is -2.34. The van der Waals surface area contributed by atoms with E-state index in [0.29, 0.717) is 6.04 Å². The number of anilines is 1. The molecule has 0 radical (unpaired) electrons. The van der Waals surface area contributed by atoms with Crippen LogP contribution in [0.15, 0.2) is 79.0 Å². The van der Waals surface area contributed by atoms with E-state index in [2.05, 4.69) is 16.4 Å². The summed E-state index contributed by atoms with van der Waals surface area (Å²) in [5.41, 5.74) is 3.69. The lowest BCUT2D eigenvalue weighted by atomic mass is 10.00. The van der Waals surface area contributed by atoms with E-state index in [1.165, 1.54) is 31.0 Å². The van der Waals surface area contributed by atoms with Gasteiger partial charge in [0.2, 0.25) is 0 Å². The van der Waals surface area contributed by atoms with Crippen molar-refractivity contribution in [2.24, 2.45) is 0 Å². The van der Waals surface area contributed by atoms with Gasteiger partial charge in [-0.15, -0.1) is 0 Å². The second-order valence-corrected chi connectivity index (χ2v) is 9.92. The summed E-state index contributed by atoms with van der Waals surface area (Å²) in [4.78, 5) is 19.4. The summed E-state index contributed by atoms with van der Waals surface area (Å²) >= 11 is 0. The molecule has 0 atom stereocenters. The molecule has 0 aliphatic heterocycles. The van der Waals surface area contributed by atoms with Gasteiger partial charge in [0.15, 0.2) is 0 Å². The van der Waals surface area contributed by atoms with Crippen LogP contribution in [0, 0.1) is 0 Å². The van der Waals surface area contributed by atoms with E-state index in [1.807, 2.05) is 48.7 Å². The third-order valence-corrected chi connectivity index (χ3v) is 7.00. The summed E-state index contributed by atoms with van der Waals surface area (Å²) in [5.74, 6) is -0.576. The maximum atomic E-state index is 13.6. The molecular weight excluding hydrogens is 475 g/mol. The minimum absolute atomic E-state index is 0.0414. The number of nitrogens with zero attached hydrogens (tertiary/aromatic N) is 2. The van der Waals surface area contributed by atoms with E-state index in [1.54, 1.807) is 4.90 Å². The molecule has 1 aromatic heterocycles. The van der Waals surface area contributed by atoms with Crippen molar-refractivity contribution < 1.29 is 18.0 Å². The molecule has 0 bridgehead atoms. The number of benzene rings is 3. The van der Waals surface area contributed by atoms with Crippen LogP contribution < -0.4 is 5.32 Å². The van der Waals surface area contributed by atoms with Gasteiger partial charge in [-0.05, 0) is 78.8 Å². The number of nitrogens with one attached hydrogen (secondary N) is 1. The summed E-state index contributed by atoms with van der Waals surface area (Å²) < 4.78 is 40.8.